The number of nitrogens with zero attached hydrogens (tertiary/aromatic N) is 1. The highest BCUT2D eigenvalue weighted by atomic mass is 16.2. The second-order valence-corrected chi connectivity index (χ2v) is 5.60. The van der Waals surface area contributed by atoms with Crippen molar-refractivity contribution in [2.75, 3.05) is 6.54 Å². The maximum absolute atomic E-state index is 12.3. The molecule has 2 fully saturated rings. The van der Waals surface area contributed by atoms with E-state index in [9.17, 15) is 4.79 Å². The smallest absolute Gasteiger partial charge is 0.241 e. The topological polar surface area (TPSA) is 32.3 Å². The molecule has 0 aromatic heterocycles. The zero-order chi connectivity index (χ0) is 12.3. The molecule has 0 spiro atoms. The predicted molar refractivity (Wildman–Crippen MR) is 69.6 cm³/mol. The Labute approximate surface area is 105 Å². The Morgan fingerprint density at radius 2 is 1.94 bits per heavy atom. The highest BCUT2D eigenvalue weighted by molar-refractivity contribution is 5.84. The van der Waals surface area contributed by atoms with Gasteiger partial charge in [0.1, 0.15) is 0 Å². The van der Waals surface area contributed by atoms with Crippen LogP contribution < -0.4 is 5.32 Å². The van der Waals surface area contributed by atoms with Crippen molar-refractivity contribution in [3.63, 3.8) is 0 Å². The van der Waals surface area contributed by atoms with Crippen LogP contribution in [0.4, 0.5) is 0 Å². The maximum atomic E-state index is 12.3. The standard InChI is InChI=1S/C14H26N2O/c1-3-6-12-14(17)16(10-11-8-5-9-11)13(15-12)7-4-2/h11-13,15H,3-10H2,1-2H3. The summed E-state index contributed by atoms with van der Waals surface area (Å²) in [5, 5.41) is 3.52. The molecule has 1 aliphatic heterocycles. The summed E-state index contributed by atoms with van der Waals surface area (Å²) in [5.41, 5.74) is 0. The lowest BCUT2D eigenvalue weighted by molar-refractivity contribution is -0.131. The van der Waals surface area contributed by atoms with E-state index in [2.05, 4.69) is 24.1 Å². The highest BCUT2D eigenvalue weighted by Gasteiger charge is 2.39. The first-order valence-corrected chi connectivity index (χ1v) is 7.32. The molecule has 1 amide bonds. The van der Waals surface area contributed by atoms with Crippen molar-refractivity contribution in [1.82, 2.24) is 10.2 Å². The Kier molecular flexibility index (Phi) is 4.43. The first-order valence-electron chi connectivity index (χ1n) is 7.32. The van der Waals surface area contributed by atoms with Crippen LogP contribution in [0.2, 0.25) is 0 Å². The largest absolute Gasteiger partial charge is 0.326 e. The number of carbonyl (C=O) groups excluding carboxylic acids is 1. The number of rotatable bonds is 6. The van der Waals surface area contributed by atoms with E-state index in [4.69, 9.17) is 0 Å². The fraction of sp³-hybridized carbons (Fsp3) is 0.929. The molecule has 1 N–H and O–H groups in total. The molecule has 1 aliphatic carbocycles. The van der Waals surface area contributed by atoms with E-state index in [-0.39, 0.29) is 6.04 Å². The van der Waals surface area contributed by atoms with Gasteiger partial charge in [0.2, 0.25) is 5.91 Å². The molecular formula is C14H26N2O. The second-order valence-electron chi connectivity index (χ2n) is 5.60. The molecule has 1 saturated heterocycles. The maximum Gasteiger partial charge on any atom is 0.241 e. The summed E-state index contributed by atoms with van der Waals surface area (Å²) in [6.45, 7) is 5.34. The van der Waals surface area contributed by atoms with Gasteiger partial charge in [-0.1, -0.05) is 33.1 Å². The minimum atomic E-state index is 0.0941. The van der Waals surface area contributed by atoms with Crippen molar-refractivity contribution < 1.29 is 4.79 Å². The average Bonchev–Trinajstić information content (AvgIpc) is 2.52. The van der Waals surface area contributed by atoms with Crippen LogP contribution in [-0.2, 0) is 4.79 Å². The van der Waals surface area contributed by atoms with Gasteiger partial charge in [-0.2, -0.15) is 0 Å². The Bertz CT molecular complexity index is 263. The number of carbonyl (C=O) groups is 1. The first kappa shape index (κ1) is 12.9. The zero-order valence-electron chi connectivity index (χ0n) is 11.2. The Hall–Kier alpha value is -0.570. The molecule has 1 saturated carbocycles. The van der Waals surface area contributed by atoms with Crippen molar-refractivity contribution in [3.8, 4) is 0 Å². The monoisotopic (exact) mass is 238 g/mol. The molecule has 3 nitrogen and oxygen atoms in total. The van der Waals surface area contributed by atoms with Crippen LogP contribution in [0.15, 0.2) is 0 Å². The molecule has 2 atom stereocenters. The van der Waals surface area contributed by atoms with Gasteiger partial charge in [-0.05, 0) is 31.6 Å². The van der Waals surface area contributed by atoms with E-state index < -0.39 is 0 Å². The molecule has 2 unspecified atom stereocenters. The lowest BCUT2D eigenvalue weighted by Crippen LogP contribution is -2.41. The van der Waals surface area contributed by atoms with Crippen molar-refractivity contribution >= 4 is 5.91 Å². The van der Waals surface area contributed by atoms with Gasteiger partial charge in [-0.25, -0.2) is 0 Å². The molecule has 0 aromatic carbocycles. The van der Waals surface area contributed by atoms with Gasteiger partial charge in [-0.15, -0.1) is 0 Å². The Morgan fingerprint density at radius 1 is 1.24 bits per heavy atom. The Morgan fingerprint density at radius 3 is 2.47 bits per heavy atom. The summed E-state index contributed by atoms with van der Waals surface area (Å²) in [4.78, 5) is 14.5. The summed E-state index contributed by atoms with van der Waals surface area (Å²) in [7, 11) is 0. The van der Waals surface area contributed by atoms with Gasteiger partial charge in [-0.3, -0.25) is 10.1 Å². The van der Waals surface area contributed by atoms with Crippen LogP contribution in [0, 0.1) is 5.92 Å². The van der Waals surface area contributed by atoms with Crippen molar-refractivity contribution in [1.29, 1.82) is 0 Å². The number of nitrogens with one attached hydrogen (secondary N) is 1. The SMILES string of the molecule is CCCC1NC(CCC)N(CC2CCC2)C1=O. The van der Waals surface area contributed by atoms with Crippen LogP contribution in [0.3, 0.4) is 0 Å². The minimum Gasteiger partial charge on any atom is -0.326 e. The molecule has 0 radical (unpaired) electrons. The van der Waals surface area contributed by atoms with Gasteiger partial charge < -0.3 is 4.90 Å². The molecule has 2 aliphatic rings. The van der Waals surface area contributed by atoms with E-state index in [1.54, 1.807) is 0 Å². The summed E-state index contributed by atoms with van der Waals surface area (Å²) in [6.07, 6.45) is 8.62. The van der Waals surface area contributed by atoms with E-state index in [1.807, 2.05) is 0 Å². The van der Waals surface area contributed by atoms with Crippen LogP contribution in [0.25, 0.3) is 0 Å². The molecule has 0 aromatic rings. The number of hydrogen-bond donors (Lipinski definition) is 1. The van der Waals surface area contributed by atoms with Crippen LogP contribution in [-0.4, -0.2) is 29.6 Å². The van der Waals surface area contributed by atoms with Gasteiger partial charge in [0.15, 0.2) is 0 Å². The van der Waals surface area contributed by atoms with E-state index in [0.29, 0.717) is 12.1 Å². The average molecular weight is 238 g/mol. The van der Waals surface area contributed by atoms with Gasteiger partial charge in [0.25, 0.3) is 0 Å². The van der Waals surface area contributed by atoms with Crippen molar-refractivity contribution in [2.24, 2.45) is 5.92 Å². The van der Waals surface area contributed by atoms with Crippen LogP contribution in [0.5, 0.6) is 0 Å². The molecular weight excluding hydrogens is 212 g/mol. The third-order valence-electron chi connectivity index (χ3n) is 4.17. The van der Waals surface area contributed by atoms with E-state index >= 15 is 0 Å². The summed E-state index contributed by atoms with van der Waals surface area (Å²) in [6, 6.07) is 0.0941. The molecule has 0 bridgehead atoms. The molecule has 17 heavy (non-hydrogen) atoms. The highest BCUT2D eigenvalue weighted by Crippen LogP contribution is 2.29. The predicted octanol–water partition coefficient (Wildman–Crippen LogP) is 2.51. The van der Waals surface area contributed by atoms with E-state index in [1.165, 1.54) is 19.3 Å². The quantitative estimate of drug-likeness (QED) is 0.771. The Balaban J connectivity index is 1.95. The van der Waals surface area contributed by atoms with Gasteiger partial charge in [0, 0.05) is 6.54 Å². The lowest BCUT2D eigenvalue weighted by atomic mass is 9.85. The first-order chi connectivity index (χ1) is 8.26. The van der Waals surface area contributed by atoms with Gasteiger partial charge in [0.05, 0.1) is 12.2 Å². The summed E-state index contributed by atoms with van der Waals surface area (Å²) in [5.74, 6) is 1.14. The number of hydrogen-bond acceptors (Lipinski definition) is 2. The fourth-order valence-electron chi connectivity index (χ4n) is 2.93. The van der Waals surface area contributed by atoms with Crippen molar-refractivity contribution in [3.05, 3.63) is 0 Å². The fourth-order valence-corrected chi connectivity index (χ4v) is 2.93. The second kappa shape index (κ2) is 5.85. The van der Waals surface area contributed by atoms with Crippen LogP contribution >= 0.6 is 0 Å². The van der Waals surface area contributed by atoms with Crippen molar-refractivity contribution in [2.45, 2.75) is 71.0 Å². The van der Waals surface area contributed by atoms with E-state index in [0.717, 1.165) is 38.1 Å². The third-order valence-corrected chi connectivity index (χ3v) is 4.17. The zero-order valence-corrected chi connectivity index (χ0v) is 11.2. The van der Waals surface area contributed by atoms with Gasteiger partial charge >= 0.3 is 0 Å². The van der Waals surface area contributed by atoms with Crippen LogP contribution in [0.1, 0.15) is 58.8 Å². The number of amides is 1. The normalized spacial score (nSPS) is 29.8. The summed E-state index contributed by atoms with van der Waals surface area (Å²) < 4.78 is 0. The lowest BCUT2D eigenvalue weighted by Gasteiger charge is -2.33. The minimum absolute atomic E-state index is 0.0941. The molecule has 1 heterocycles. The molecule has 98 valence electrons. The third kappa shape index (κ3) is 2.82. The molecule has 3 heteroatoms. The molecule has 2 rings (SSSR count). The summed E-state index contributed by atoms with van der Waals surface area (Å²) >= 11 is 0.